The fourth-order valence-electron chi connectivity index (χ4n) is 13.1. The maximum Gasteiger partial charge on any atom is 0.213 e. The summed E-state index contributed by atoms with van der Waals surface area (Å²) in [7, 11) is 0. The number of ether oxygens (including phenoxy) is 3. The van der Waals surface area contributed by atoms with Crippen LogP contribution in [0.2, 0.25) is 0 Å². The Morgan fingerprint density at radius 1 is 0.415 bits per heavy atom. The van der Waals surface area contributed by atoms with Gasteiger partial charge in [-0.15, -0.1) is 0 Å². The van der Waals surface area contributed by atoms with Gasteiger partial charge in [-0.2, -0.15) is 0 Å². The Morgan fingerprint density at radius 3 is 1.00 bits per heavy atom. The van der Waals surface area contributed by atoms with Gasteiger partial charge in [-0.05, 0) is 203 Å². The van der Waals surface area contributed by atoms with Crippen LogP contribution in [0.25, 0.3) is 0 Å². The van der Waals surface area contributed by atoms with Gasteiger partial charge in [0.05, 0.1) is 17.1 Å². The minimum atomic E-state index is -0.00311. The lowest BCUT2D eigenvalue weighted by Gasteiger charge is -2.59. The number of hydrogen-bond donors (Lipinski definition) is 3. The van der Waals surface area contributed by atoms with Gasteiger partial charge in [0.1, 0.15) is 0 Å². The van der Waals surface area contributed by atoms with E-state index < -0.39 is 0 Å². The van der Waals surface area contributed by atoms with E-state index in [1.54, 1.807) is 0 Å². The van der Waals surface area contributed by atoms with Crippen molar-refractivity contribution in [2.45, 2.75) is 109 Å². The van der Waals surface area contributed by atoms with E-state index in [1.807, 2.05) is 42.5 Å². The molecule has 4 aromatic carbocycles. The predicted octanol–water partition coefficient (Wildman–Crippen LogP) is 11.7. The monoisotopic (exact) mass is 709 g/mol. The van der Waals surface area contributed by atoms with Crippen LogP contribution in [-0.2, 0) is 10.8 Å². The number of rotatable bonds is 8. The molecule has 6 heteroatoms. The average molecular weight is 710 g/mol. The molecule has 4 aromatic rings. The molecule has 0 radical (unpaired) electrons. The summed E-state index contributed by atoms with van der Waals surface area (Å²) < 4.78 is 21.9. The van der Waals surface area contributed by atoms with Crippen LogP contribution in [0.3, 0.4) is 0 Å². The zero-order valence-corrected chi connectivity index (χ0v) is 31.7. The largest absolute Gasteiger partial charge is 0.451 e. The Morgan fingerprint density at radius 2 is 0.698 bits per heavy atom. The van der Waals surface area contributed by atoms with Gasteiger partial charge in [-0.1, -0.05) is 18.2 Å². The van der Waals surface area contributed by atoms with Crippen molar-refractivity contribution in [3.63, 3.8) is 0 Å². The lowest BCUT2D eigenvalue weighted by Crippen LogP contribution is -2.50. The highest BCUT2D eigenvalue weighted by molar-refractivity contribution is 5.70. The van der Waals surface area contributed by atoms with Crippen molar-refractivity contribution in [3.05, 3.63) is 88.5 Å². The van der Waals surface area contributed by atoms with Crippen LogP contribution in [0.4, 0.5) is 17.1 Å². The van der Waals surface area contributed by atoms with E-state index in [0.717, 1.165) is 63.7 Å². The van der Waals surface area contributed by atoms with E-state index >= 15 is 0 Å². The highest BCUT2D eigenvalue weighted by atomic mass is 16.5. The third-order valence-corrected chi connectivity index (χ3v) is 14.6. The van der Waals surface area contributed by atoms with Gasteiger partial charge in [0.25, 0.3) is 0 Å². The molecule has 6 N–H and O–H groups in total. The zero-order valence-electron chi connectivity index (χ0n) is 31.7. The summed E-state index contributed by atoms with van der Waals surface area (Å²) in [6.07, 6.45) is 15.3. The molecule has 0 aromatic heterocycles. The summed E-state index contributed by atoms with van der Waals surface area (Å²) in [5.41, 5.74) is 27.8. The van der Waals surface area contributed by atoms with E-state index in [-0.39, 0.29) is 10.8 Å². The lowest BCUT2D eigenvalue weighted by atomic mass is 9.46. The number of nitrogens with two attached hydrogens (primary N) is 3. The maximum absolute atomic E-state index is 7.29. The van der Waals surface area contributed by atoms with Crippen molar-refractivity contribution in [3.8, 4) is 34.5 Å². The molecule has 276 valence electrons. The molecule has 8 saturated carbocycles. The van der Waals surface area contributed by atoms with E-state index in [1.165, 1.54) is 88.2 Å². The van der Waals surface area contributed by atoms with Gasteiger partial charge in [0.2, 0.25) is 5.75 Å². The molecule has 0 saturated heterocycles. The molecular formula is C47H55N3O3. The average Bonchev–Trinajstić information content (AvgIpc) is 3.09. The maximum atomic E-state index is 7.29. The molecule has 8 bridgehead atoms. The van der Waals surface area contributed by atoms with Gasteiger partial charge in [-0.25, -0.2) is 0 Å². The smallest absolute Gasteiger partial charge is 0.213 e. The Hall–Kier alpha value is -4.32. The Kier molecular flexibility index (Phi) is 7.59. The summed E-state index contributed by atoms with van der Waals surface area (Å²) in [5, 5.41) is 0. The summed E-state index contributed by atoms with van der Waals surface area (Å²) in [5.74, 6) is 8.44. The van der Waals surface area contributed by atoms with Crippen molar-refractivity contribution in [1.82, 2.24) is 0 Å². The molecule has 8 fully saturated rings. The molecule has 0 atom stereocenters. The van der Waals surface area contributed by atoms with Crippen LogP contribution in [0.1, 0.15) is 105 Å². The summed E-state index contributed by atoms with van der Waals surface area (Å²) in [6, 6.07) is 20.7. The number of nitrogen functional groups attached to an aromatic ring is 3. The van der Waals surface area contributed by atoms with Gasteiger partial charge in [0.15, 0.2) is 28.7 Å². The fourth-order valence-corrected chi connectivity index (χ4v) is 13.1. The second-order valence-electron chi connectivity index (χ2n) is 18.8. The van der Waals surface area contributed by atoms with E-state index in [9.17, 15) is 0 Å². The highest BCUT2D eigenvalue weighted by Gasteiger charge is 2.56. The third kappa shape index (κ3) is 5.65. The van der Waals surface area contributed by atoms with E-state index in [2.05, 4.69) is 39.0 Å². The molecule has 0 amide bonds. The zero-order chi connectivity index (χ0) is 36.2. The second-order valence-corrected chi connectivity index (χ2v) is 18.8. The topological polar surface area (TPSA) is 106 Å². The normalized spacial score (nSPS) is 31.9. The lowest BCUT2D eigenvalue weighted by molar-refractivity contribution is -0.00959. The van der Waals surface area contributed by atoms with Gasteiger partial charge in [-0.3, -0.25) is 0 Å². The second kappa shape index (κ2) is 12.1. The molecule has 8 aliphatic carbocycles. The molecule has 8 aliphatic rings. The van der Waals surface area contributed by atoms with Gasteiger partial charge in [0, 0.05) is 11.1 Å². The Balaban J connectivity index is 1.28. The SMILES string of the molecule is Cc1ccc(N)c(Oc2c(C34CC5CC(CC(C5)C3)C4)cc(C34CC5CC(CC(C5)C3)C4)c(Oc3cc(C)ccc3N)c2Oc2cc(C)ccc2N)c1. The molecule has 6 nitrogen and oxygen atoms in total. The van der Waals surface area contributed by atoms with Crippen molar-refractivity contribution in [2.75, 3.05) is 17.2 Å². The summed E-state index contributed by atoms with van der Waals surface area (Å²) >= 11 is 0. The van der Waals surface area contributed by atoms with Crippen LogP contribution < -0.4 is 31.4 Å². The van der Waals surface area contributed by atoms with Crippen molar-refractivity contribution in [1.29, 1.82) is 0 Å². The van der Waals surface area contributed by atoms with Crippen molar-refractivity contribution >= 4 is 17.1 Å². The van der Waals surface area contributed by atoms with Crippen LogP contribution >= 0.6 is 0 Å². The fraction of sp³-hybridized carbons (Fsp3) is 0.489. The van der Waals surface area contributed by atoms with Crippen molar-refractivity contribution in [2.24, 2.45) is 35.5 Å². The number of hydrogen-bond acceptors (Lipinski definition) is 6. The van der Waals surface area contributed by atoms with Crippen molar-refractivity contribution < 1.29 is 14.2 Å². The third-order valence-electron chi connectivity index (χ3n) is 14.6. The first-order valence-corrected chi connectivity index (χ1v) is 20.4. The summed E-state index contributed by atoms with van der Waals surface area (Å²) in [4.78, 5) is 0. The van der Waals surface area contributed by atoms with Gasteiger partial charge >= 0.3 is 0 Å². The van der Waals surface area contributed by atoms with Gasteiger partial charge < -0.3 is 31.4 Å². The molecule has 0 spiro atoms. The number of anilines is 3. The molecule has 0 unspecified atom stereocenters. The minimum absolute atomic E-state index is 0.00311. The standard InChI is InChI=1S/C47H55N3O3/c1-26-4-7-37(48)40(10-26)51-43-35(46-20-29-13-30(21-46)15-31(14-29)22-46)19-36(47-23-32-16-33(24-47)18-34(17-32)25-47)44(52-41-11-27(2)5-8-38(41)49)45(43)53-42-12-28(3)6-9-39(42)50/h4-12,19,29-34H,13-18,20-25,48-50H2,1-3H3. The number of benzene rings is 4. The van der Waals surface area contributed by atoms with E-state index in [0.29, 0.717) is 40.1 Å². The molecule has 0 aliphatic heterocycles. The number of aryl methyl sites for hydroxylation is 3. The quantitative estimate of drug-likeness (QED) is 0.157. The molecule has 0 heterocycles. The molecular weight excluding hydrogens is 655 g/mol. The first kappa shape index (κ1) is 33.3. The Labute approximate surface area is 314 Å². The minimum Gasteiger partial charge on any atom is -0.451 e. The molecule has 12 rings (SSSR count). The Bertz CT molecular complexity index is 1930. The first-order chi connectivity index (χ1) is 25.5. The van der Waals surface area contributed by atoms with E-state index in [4.69, 9.17) is 31.4 Å². The first-order valence-electron chi connectivity index (χ1n) is 20.4. The van der Waals surface area contributed by atoms with Crippen LogP contribution in [-0.4, -0.2) is 0 Å². The predicted molar refractivity (Wildman–Crippen MR) is 213 cm³/mol. The van der Waals surface area contributed by atoms with Crippen LogP contribution in [0.15, 0.2) is 60.7 Å². The highest BCUT2D eigenvalue weighted by Crippen LogP contribution is 2.68. The van der Waals surface area contributed by atoms with Crippen LogP contribution in [0.5, 0.6) is 34.5 Å². The van der Waals surface area contributed by atoms with Crippen LogP contribution in [0, 0.1) is 56.3 Å². The molecule has 53 heavy (non-hydrogen) atoms. The summed E-state index contributed by atoms with van der Waals surface area (Å²) in [6.45, 7) is 6.25.